The van der Waals surface area contributed by atoms with E-state index < -0.39 is 18.6 Å². The van der Waals surface area contributed by atoms with Crippen LogP contribution >= 0.6 is 0 Å². The first-order valence-electron chi connectivity index (χ1n) is 5.40. The number of benzene rings is 1. The predicted molar refractivity (Wildman–Crippen MR) is 62.6 cm³/mol. The third-order valence-electron chi connectivity index (χ3n) is 2.72. The lowest BCUT2D eigenvalue weighted by Gasteiger charge is -2.13. The van der Waals surface area contributed by atoms with Gasteiger partial charge in [0.25, 0.3) is 6.55 Å². The van der Waals surface area contributed by atoms with Gasteiger partial charge in [-0.2, -0.15) is 8.78 Å². The molecule has 18 heavy (non-hydrogen) atoms. The molecule has 2 aromatic rings. The summed E-state index contributed by atoms with van der Waals surface area (Å²) in [4.78, 5) is 13.9. The molecule has 0 radical (unpaired) electrons. The molecule has 0 spiro atoms. The van der Waals surface area contributed by atoms with E-state index in [2.05, 4.69) is 4.98 Å². The first-order valence-corrected chi connectivity index (χ1v) is 5.40. The Morgan fingerprint density at radius 1 is 1.39 bits per heavy atom. The molecule has 1 atom stereocenters. The summed E-state index contributed by atoms with van der Waals surface area (Å²) in [6, 6.07) is 6.02. The fourth-order valence-corrected chi connectivity index (χ4v) is 1.89. The molecular weight excluding hydrogens is 242 g/mol. The fourth-order valence-electron chi connectivity index (χ4n) is 1.89. The SMILES string of the molecule is O=C(O)C(Cc1c[nH]c2ccccc12)NC(F)F. The second kappa shape index (κ2) is 5.14. The number of rotatable bonds is 5. The van der Waals surface area contributed by atoms with Crippen LogP contribution in [0.25, 0.3) is 10.9 Å². The first-order chi connectivity index (χ1) is 8.58. The maximum Gasteiger partial charge on any atom is 0.321 e. The Balaban J connectivity index is 2.23. The summed E-state index contributed by atoms with van der Waals surface area (Å²) in [6.45, 7) is -2.85. The molecule has 1 aromatic carbocycles. The van der Waals surface area contributed by atoms with Crippen molar-refractivity contribution in [3.8, 4) is 0 Å². The predicted octanol–water partition coefficient (Wildman–Crippen LogP) is 1.98. The number of hydrogen-bond donors (Lipinski definition) is 3. The monoisotopic (exact) mass is 254 g/mol. The van der Waals surface area contributed by atoms with Crippen molar-refractivity contribution in [2.75, 3.05) is 0 Å². The van der Waals surface area contributed by atoms with Crippen molar-refractivity contribution in [1.29, 1.82) is 0 Å². The third kappa shape index (κ3) is 2.65. The van der Waals surface area contributed by atoms with Crippen LogP contribution in [0.3, 0.4) is 0 Å². The molecule has 1 unspecified atom stereocenters. The van der Waals surface area contributed by atoms with Gasteiger partial charge < -0.3 is 10.1 Å². The van der Waals surface area contributed by atoms with Crippen LogP contribution in [-0.4, -0.2) is 28.7 Å². The van der Waals surface area contributed by atoms with Crippen LogP contribution in [0.5, 0.6) is 0 Å². The number of hydrogen-bond acceptors (Lipinski definition) is 2. The molecular formula is C12H12F2N2O2. The number of carboxylic acids is 1. The van der Waals surface area contributed by atoms with Crippen LogP contribution < -0.4 is 5.32 Å². The number of fused-ring (bicyclic) bond motifs is 1. The Kier molecular flexibility index (Phi) is 3.57. The van der Waals surface area contributed by atoms with Crippen LogP contribution in [0.15, 0.2) is 30.5 Å². The molecule has 2 rings (SSSR count). The van der Waals surface area contributed by atoms with Crippen molar-refractivity contribution >= 4 is 16.9 Å². The first kappa shape index (κ1) is 12.5. The quantitative estimate of drug-likeness (QED) is 0.715. The number of nitrogens with one attached hydrogen (secondary N) is 2. The number of alkyl halides is 2. The number of H-pyrrole nitrogens is 1. The van der Waals surface area contributed by atoms with Gasteiger partial charge in [0, 0.05) is 23.5 Å². The average molecular weight is 254 g/mol. The van der Waals surface area contributed by atoms with Gasteiger partial charge >= 0.3 is 5.97 Å². The van der Waals surface area contributed by atoms with Crippen LogP contribution in [0, 0.1) is 0 Å². The molecule has 0 aliphatic carbocycles. The zero-order valence-electron chi connectivity index (χ0n) is 9.36. The Morgan fingerprint density at radius 2 is 2.11 bits per heavy atom. The van der Waals surface area contributed by atoms with Crippen LogP contribution in [0.4, 0.5) is 8.78 Å². The molecule has 0 aliphatic rings. The highest BCUT2D eigenvalue weighted by Crippen LogP contribution is 2.19. The Hall–Kier alpha value is -1.95. The highest BCUT2D eigenvalue weighted by molar-refractivity contribution is 5.84. The Bertz CT molecular complexity index is 554. The average Bonchev–Trinajstić information content (AvgIpc) is 2.71. The smallest absolute Gasteiger partial charge is 0.321 e. The number of para-hydroxylation sites is 1. The summed E-state index contributed by atoms with van der Waals surface area (Å²) < 4.78 is 24.4. The number of carboxylic acid groups (broad SMARTS) is 1. The van der Waals surface area contributed by atoms with Gasteiger partial charge in [0.1, 0.15) is 6.04 Å². The van der Waals surface area contributed by atoms with E-state index in [0.29, 0.717) is 5.56 Å². The Morgan fingerprint density at radius 3 is 2.78 bits per heavy atom. The van der Waals surface area contributed by atoms with Crippen LogP contribution in [0.2, 0.25) is 0 Å². The van der Waals surface area contributed by atoms with Crippen molar-refractivity contribution in [3.05, 3.63) is 36.0 Å². The number of aliphatic carboxylic acids is 1. The molecule has 4 nitrogen and oxygen atoms in total. The molecule has 0 saturated heterocycles. The molecule has 0 bridgehead atoms. The minimum absolute atomic E-state index is 0.00366. The molecule has 1 aromatic heterocycles. The summed E-state index contributed by atoms with van der Waals surface area (Å²) in [6.07, 6.45) is 1.65. The second-order valence-corrected chi connectivity index (χ2v) is 3.92. The topological polar surface area (TPSA) is 65.1 Å². The molecule has 96 valence electrons. The molecule has 3 N–H and O–H groups in total. The van der Waals surface area contributed by atoms with Gasteiger partial charge in [-0.25, -0.2) is 5.32 Å². The summed E-state index contributed by atoms with van der Waals surface area (Å²) in [5, 5.41) is 11.5. The standard InChI is InChI=1S/C12H12F2N2O2/c13-12(14)16-10(11(17)18)5-7-6-15-9-4-2-1-3-8(7)9/h1-4,6,10,12,15-16H,5H2,(H,17,18). The lowest BCUT2D eigenvalue weighted by molar-refractivity contribution is -0.140. The van der Waals surface area contributed by atoms with E-state index in [1.807, 2.05) is 24.3 Å². The lowest BCUT2D eigenvalue weighted by atomic mass is 10.1. The summed E-state index contributed by atoms with van der Waals surface area (Å²) in [5.41, 5.74) is 1.56. The van der Waals surface area contributed by atoms with Gasteiger partial charge in [-0.15, -0.1) is 0 Å². The molecule has 0 amide bonds. The number of aromatic amines is 1. The van der Waals surface area contributed by atoms with Gasteiger partial charge in [0.05, 0.1) is 0 Å². The van der Waals surface area contributed by atoms with Gasteiger partial charge in [-0.05, 0) is 11.6 Å². The van der Waals surface area contributed by atoms with Crippen molar-refractivity contribution < 1.29 is 18.7 Å². The molecule has 0 aliphatic heterocycles. The van der Waals surface area contributed by atoms with E-state index in [1.54, 1.807) is 11.5 Å². The summed E-state index contributed by atoms with van der Waals surface area (Å²) in [5.74, 6) is -1.29. The van der Waals surface area contributed by atoms with Crippen LogP contribution in [0.1, 0.15) is 5.56 Å². The summed E-state index contributed by atoms with van der Waals surface area (Å²) >= 11 is 0. The molecule has 0 saturated carbocycles. The van der Waals surface area contributed by atoms with Crippen molar-refractivity contribution in [2.24, 2.45) is 0 Å². The van der Waals surface area contributed by atoms with Gasteiger partial charge in [-0.1, -0.05) is 18.2 Å². The van der Waals surface area contributed by atoms with E-state index in [1.165, 1.54) is 0 Å². The summed E-state index contributed by atoms with van der Waals surface area (Å²) in [7, 11) is 0. The van der Waals surface area contributed by atoms with Crippen molar-refractivity contribution in [2.45, 2.75) is 19.0 Å². The normalized spacial score (nSPS) is 13.1. The zero-order valence-corrected chi connectivity index (χ0v) is 9.36. The molecule has 6 heteroatoms. The van der Waals surface area contributed by atoms with E-state index in [9.17, 15) is 13.6 Å². The van der Waals surface area contributed by atoms with Gasteiger partial charge in [0.2, 0.25) is 0 Å². The maximum atomic E-state index is 12.2. The number of carbonyl (C=O) groups is 1. The van der Waals surface area contributed by atoms with E-state index in [0.717, 1.165) is 10.9 Å². The largest absolute Gasteiger partial charge is 0.480 e. The van der Waals surface area contributed by atoms with Crippen LogP contribution in [-0.2, 0) is 11.2 Å². The highest BCUT2D eigenvalue weighted by atomic mass is 19.3. The molecule has 0 fully saturated rings. The highest BCUT2D eigenvalue weighted by Gasteiger charge is 2.22. The number of halogens is 2. The minimum atomic E-state index is -2.85. The van der Waals surface area contributed by atoms with Gasteiger partial charge in [-0.3, -0.25) is 4.79 Å². The van der Waals surface area contributed by atoms with Crippen molar-refractivity contribution in [3.63, 3.8) is 0 Å². The van der Waals surface area contributed by atoms with Crippen molar-refractivity contribution in [1.82, 2.24) is 10.3 Å². The third-order valence-corrected chi connectivity index (χ3v) is 2.72. The maximum absolute atomic E-state index is 12.2. The second-order valence-electron chi connectivity index (χ2n) is 3.92. The zero-order chi connectivity index (χ0) is 13.1. The molecule has 1 heterocycles. The van der Waals surface area contributed by atoms with E-state index in [4.69, 9.17) is 5.11 Å². The van der Waals surface area contributed by atoms with E-state index >= 15 is 0 Å². The van der Waals surface area contributed by atoms with Gasteiger partial charge in [0.15, 0.2) is 0 Å². The Labute approximate surface area is 102 Å². The lowest BCUT2D eigenvalue weighted by Crippen LogP contribution is -2.41. The fraction of sp³-hybridized carbons (Fsp3) is 0.250. The number of aromatic nitrogens is 1. The minimum Gasteiger partial charge on any atom is -0.480 e. The van der Waals surface area contributed by atoms with E-state index in [-0.39, 0.29) is 6.42 Å².